The Kier molecular flexibility index (Phi) is 8.12. The summed E-state index contributed by atoms with van der Waals surface area (Å²) in [4.78, 5) is 27.4. The molecule has 1 N–H and O–H groups in total. The Balaban J connectivity index is 2.28. The standard InChI is InChI=1S/C24H38N2O3/c1-7-8-9-10-11-12-14-26-15-13-18-16-19(22(27)29-6)17(2)20(21(18)26)25-23(28)24(3,4)5/h16H,7-15H2,1-6H3,(H,25,28). The number of esters is 1. The number of nitrogens with zero attached hydrogens (tertiary/aromatic N) is 1. The van der Waals surface area contributed by atoms with Gasteiger partial charge in [0.05, 0.1) is 24.0 Å². The summed E-state index contributed by atoms with van der Waals surface area (Å²) in [6.07, 6.45) is 8.42. The van der Waals surface area contributed by atoms with E-state index in [1.54, 1.807) is 0 Å². The average Bonchev–Trinajstić information content (AvgIpc) is 3.07. The lowest BCUT2D eigenvalue weighted by Crippen LogP contribution is -2.30. The van der Waals surface area contributed by atoms with Crippen LogP contribution in [0, 0.1) is 12.3 Å². The molecule has 0 spiro atoms. The van der Waals surface area contributed by atoms with Crippen molar-refractivity contribution in [1.82, 2.24) is 0 Å². The molecule has 5 heteroatoms. The van der Waals surface area contributed by atoms with Gasteiger partial charge in [-0.05, 0) is 37.0 Å². The first-order valence-electron chi connectivity index (χ1n) is 11.0. The third kappa shape index (κ3) is 5.74. The maximum absolute atomic E-state index is 12.8. The monoisotopic (exact) mass is 402 g/mol. The summed E-state index contributed by atoms with van der Waals surface area (Å²) in [5, 5.41) is 3.13. The van der Waals surface area contributed by atoms with E-state index in [9.17, 15) is 9.59 Å². The number of nitrogens with one attached hydrogen (secondary N) is 1. The van der Waals surface area contributed by atoms with Gasteiger partial charge < -0.3 is 15.0 Å². The van der Waals surface area contributed by atoms with Crippen LogP contribution in [0.4, 0.5) is 11.4 Å². The largest absolute Gasteiger partial charge is 0.465 e. The number of carbonyl (C=O) groups excluding carboxylic acids is 2. The van der Waals surface area contributed by atoms with Crippen LogP contribution < -0.4 is 10.2 Å². The van der Waals surface area contributed by atoms with Gasteiger partial charge in [0, 0.05) is 18.5 Å². The molecule has 0 atom stereocenters. The van der Waals surface area contributed by atoms with Crippen LogP contribution in [0.2, 0.25) is 0 Å². The van der Waals surface area contributed by atoms with Crippen molar-refractivity contribution in [2.75, 3.05) is 30.4 Å². The van der Waals surface area contributed by atoms with Crippen molar-refractivity contribution in [3.63, 3.8) is 0 Å². The zero-order chi connectivity index (χ0) is 21.6. The first-order valence-corrected chi connectivity index (χ1v) is 11.0. The van der Waals surface area contributed by atoms with Gasteiger partial charge in [0.2, 0.25) is 5.91 Å². The number of ether oxygens (including phenoxy) is 1. The number of methoxy groups -OCH3 is 1. The van der Waals surface area contributed by atoms with E-state index in [1.807, 2.05) is 33.8 Å². The van der Waals surface area contributed by atoms with Gasteiger partial charge in [0.25, 0.3) is 0 Å². The fraction of sp³-hybridized carbons (Fsp3) is 0.667. The molecule has 1 heterocycles. The number of unbranched alkanes of at least 4 members (excludes halogenated alkanes) is 5. The smallest absolute Gasteiger partial charge is 0.338 e. The Bertz CT molecular complexity index is 735. The van der Waals surface area contributed by atoms with Crippen molar-refractivity contribution in [1.29, 1.82) is 0 Å². The molecule has 1 amide bonds. The second kappa shape index (κ2) is 10.1. The van der Waals surface area contributed by atoms with Gasteiger partial charge in [-0.15, -0.1) is 0 Å². The van der Waals surface area contributed by atoms with Crippen molar-refractivity contribution in [2.45, 2.75) is 79.6 Å². The minimum Gasteiger partial charge on any atom is -0.465 e. The molecule has 1 aliphatic rings. The van der Waals surface area contributed by atoms with E-state index >= 15 is 0 Å². The van der Waals surface area contributed by atoms with E-state index in [-0.39, 0.29) is 11.9 Å². The number of hydrogen-bond donors (Lipinski definition) is 1. The van der Waals surface area contributed by atoms with E-state index in [0.717, 1.165) is 48.4 Å². The molecule has 29 heavy (non-hydrogen) atoms. The fourth-order valence-electron chi connectivity index (χ4n) is 3.83. The Labute approximate surface area is 176 Å². The van der Waals surface area contributed by atoms with Gasteiger partial charge in [0.1, 0.15) is 0 Å². The fourth-order valence-corrected chi connectivity index (χ4v) is 3.83. The first-order chi connectivity index (χ1) is 13.7. The van der Waals surface area contributed by atoms with Crippen LogP contribution in [-0.2, 0) is 16.0 Å². The highest BCUT2D eigenvalue weighted by Gasteiger charge is 2.30. The normalized spacial score (nSPS) is 13.4. The van der Waals surface area contributed by atoms with Gasteiger partial charge in [-0.25, -0.2) is 4.79 Å². The highest BCUT2D eigenvalue weighted by molar-refractivity contribution is 6.03. The maximum Gasteiger partial charge on any atom is 0.338 e. The molecular weight excluding hydrogens is 364 g/mol. The highest BCUT2D eigenvalue weighted by Crippen LogP contribution is 2.41. The third-order valence-electron chi connectivity index (χ3n) is 5.71. The molecule has 5 nitrogen and oxygen atoms in total. The van der Waals surface area contributed by atoms with Crippen molar-refractivity contribution in [2.24, 2.45) is 5.41 Å². The molecule has 0 bridgehead atoms. The number of amides is 1. The second-order valence-corrected chi connectivity index (χ2v) is 9.13. The van der Waals surface area contributed by atoms with Crippen molar-refractivity contribution in [3.8, 4) is 0 Å². The van der Waals surface area contributed by atoms with Crippen LogP contribution in [0.3, 0.4) is 0 Å². The number of hydrogen-bond acceptors (Lipinski definition) is 4. The summed E-state index contributed by atoms with van der Waals surface area (Å²) in [6.45, 7) is 11.7. The SMILES string of the molecule is CCCCCCCCN1CCc2cc(C(=O)OC)c(C)c(NC(=O)C(C)(C)C)c21. The summed E-state index contributed by atoms with van der Waals surface area (Å²) >= 11 is 0. The maximum atomic E-state index is 12.8. The number of rotatable bonds is 9. The van der Waals surface area contributed by atoms with Crippen LogP contribution in [0.25, 0.3) is 0 Å². The summed E-state index contributed by atoms with van der Waals surface area (Å²) < 4.78 is 4.98. The molecule has 0 aliphatic carbocycles. The van der Waals surface area contributed by atoms with Crippen molar-refractivity contribution >= 4 is 23.3 Å². The molecule has 0 aromatic heterocycles. The van der Waals surface area contributed by atoms with Gasteiger partial charge in [-0.3, -0.25) is 4.79 Å². The minimum absolute atomic E-state index is 0.0452. The summed E-state index contributed by atoms with van der Waals surface area (Å²) in [5.74, 6) is -0.401. The van der Waals surface area contributed by atoms with E-state index in [2.05, 4.69) is 17.1 Å². The molecule has 0 fully saturated rings. The summed E-state index contributed by atoms with van der Waals surface area (Å²) in [6, 6.07) is 1.95. The first kappa shape index (κ1) is 23.2. The Morgan fingerprint density at radius 2 is 1.79 bits per heavy atom. The molecule has 0 saturated carbocycles. The second-order valence-electron chi connectivity index (χ2n) is 9.13. The third-order valence-corrected chi connectivity index (χ3v) is 5.71. The lowest BCUT2D eigenvalue weighted by atomic mass is 9.94. The lowest BCUT2D eigenvalue weighted by Gasteiger charge is -2.26. The molecule has 0 unspecified atom stereocenters. The van der Waals surface area contributed by atoms with Crippen LogP contribution in [0.15, 0.2) is 6.07 Å². The lowest BCUT2D eigenvalue weighted by molar-refractivity contribution is -0.123. The van der Waals surface area contributed by atoms with Crippen molar-refractivity contribution in [3.05, 3.63) is 22.8 Å². The molecule has 0 radical (unpaired) electrons. The minimum atomic E-state index is -0.511. The Morgan fingerprint density at radius 3 is 2.41 bits per heavy atom. The zero-order valence-electron chi connectivity index (χ0n) is 19.1. The van der Waals surface area contributed by atoms with E-state index < -0.39 is 5.41 Å². The van der Waals surface area contributed by atoms with Gasteiger partial charge >= 0.3 is 5.97 Å². The summed E-state index contributed by atoms with van der Waals surface area (Å²) in [7, 11) is 1.40. The van der Waals surface area contributed by atoms with Gasteiger partial charge in [-0.1, -0.05) is 59.8 Å². The molecule has 1 aliphatic heterocycles. The zero-order valence-corrected chi connectivity index (χ0v) is 19.1. The number of anilines is 2. The van der Waals surface area contributed by atoms with Crippen LogP contribution in [0.1, 0.15) is 87.7 Å². The van der Waals surface area contributed by atoms with E-state index in [0.29, 0.717) is 5.56 Å². The predicted octanol–water partition coefficient (Wildman–Crippen LogP) is 5.49. The molecular formula is C24H38N2O3. The molecule has 1 aromatic carbocycles. The number of carbonyl (C=O) groups is 2. The molecule has 162 valence electrons. The average molecular weight is 403 g/mol. The van der Waals surface area contributed by atoms with Crippen LogP contribution in [0.5, 0.6) is 0 Å². The number of fused-ring (bicyclic) bond motifs is 1. The summed E-state index contributed by atoms with van der Waals surface area (Å²) in [5.41, 5.74) is 3.78. The van der Waals surface area contributed by atoms with E-state index in [1.165, 1.54) is 39.2 Å². The van der Waals surface area contributed by atoms with Gasteiger partial charge in [0.15, 0.2) is 0 Å². The van der Waals surface area contributed by atoms with E-state index in [4.69, 9.17) is 4.74 Å². The molecule has 1 aromatic rings. The predicted molar refractivity (Wildman–Crippen MR) is 120 cm³/mol. The molecule has 0 saturated heterocycles. The van der Waals surface area contributed by atoms with Crippen LogP contribution in [-0.4, -0.2) is 32.1 Å². The molecule has 2 rings (SSSR count). The Morgan fingerprint density at radius 1 is 1.14 bits per heavy atom. The van der Waals surface area contributed by atoms with Crippen molar-refractivity contribution < 1.29 is 14.3 Å². The quantitative estimate of drug-likeness (QED) is 0.438. The van der Waals surface area contributed by atoms with Crippen LogP contribution >= 0.6 is 0 Å². The van der Waals surface area contributed by atoms with Gasteiger partial charge in [-0.2, -0.15) is 0 Å². The topological polar surface area (TPSA) is 58.6 Å². The Hall–Kier alpha value is -2.04. The highest BCUT2D eigenvalue weighted by atomic mass is 16.5. The number of benzene rings is 1.